The van der Waals surface area contributed by atoms with Crippen LogP contribution in [0.5, 0.6) is 0 Å². The summed E-state index contributed by atoms with van der Waals surface area (Å²) in [6.07, 6.45) is 20.1. The topological polar surface area (TPSA) is 43.4 Å². The molecule has 1 aromatic carbocycles. The summed E-state index contributed by atoms with van der Waals surface area (Å²) in [5.41, 5.74) is 1.91. The van der Waals surface area contributed by atoms with Gasteiger partial charge in [-0.1, -0.05) is 108 Å². The van der Waals surface area contributed by atoms with Crippen molar-refractivity contribution in [1.29, 1.82) is 0 Å². The lowest BCUT2D eigenvalue weighted by Crippen LogP contribution is -2.06. The van der Waals surface area contributed by atoms with Gasteiger partial charge in [0.15, 0.2) is 5.78 Å². The minimum absolute atomic E-state index is 0.144. The van der Waals surface area contributed by atoms with Gasteiger partial charge in [-0.2, -0.15) is 0 Å². The fourth-order valence-electron chi connectivity index (χ4n) is 3.86. The number of aldehydes is 1. The van der Waals surface area contributed by atoms with Crippen LogP contribution < -0.4 is 0 Å². The van der Waals surface area contributed by atoms with E-state index in [4.69, 9.17) is 4.74 Å². The average Bonchev–Trinajstić information content (AvgIpc) is 2.81. The van der Waals surface area contributed by atoms with E-state index < -0.39 is 0 Å². The lowest BCUT2D eigenvalue weighted by Gasteiger charge is -2.19. The van der Waals surface area contributed by atoms with Gasteiger partial charge in [0.05, 0.1) is 6.10 Å². The first-order valence-electron chi connectivity index (χ1n) is 12.5. The molecule has 0 radical (unpaired) electrons. The van der Waals surface area contributed by atoms with Gasteiger partial charge >= 0.3 is 0 Å². The van der Waals surface area contributed by atoms with Crippen LogP contribution in [-0.2, 0) is 9.53 Å². The predicted molar refractivity (Wildman–Crippen MR) is 131 cm³/mol. The van der Waals surface area contributed by atoms with Gasteiger partial charge in [0.1, 0.15) is 6.29 Å². The molecule has 0 aliphatic carbocycles. The summed E-state index contributed by atoms with van der Waals surface area (Å²) in [4.78, 5) is 22.1. The fraction of sp³-hybridized carbons (Fsp3) is 0.643. The van der Waals surface area contributed by atoms with E-state index in [-0.39, 0.29) is 11.9 Å². The van der Waals surface area contributed by atoms with E-state index in [9.17, 15) is 9.59 Å². The Hall–Kier alpha value is -1.74. The molecule has 0 saturated carbocycles. The summed E-state index contributed by atoms with van der Waals surface area (Å²) in [6.45, 7) is 6.54. The minimum atomic E-state index is 0.144. The van der Waals surface area contributed by atoms with E-state index >= 15 is 0 Å². The van der Waals surface area contributed by atoms with E-state index in [1.54, 1.807) is 0 Å². The number of rotatable bonds is 21. The van der Waals surface area contributed by atoms with E-state index in [0.29, 0.717) is 6.42 Å². The van der Waals surface area contributed by atoms with E-state index in [0.717, 1.165) is 44.1 Å². The summed E-state index contributed by atoms with van der Waals surface area (Å²) < 4.78 is 6.20. The first-order valence-corrected chi connectivity index (χ1v) is 12.5. The third-order valence-corrected chi connectivity index (χ3v) is 5.88. The zero-order valence-corrected chi connectivity index (χ0v) is 19.8. The third kappa shape index (κ3) is 14.0. The van der Waals surface area contributed by atoms with Crippen molar-refractivity contribution in [3.63, 3.8) is 0 Å². The molecule has 0 saturated heterocycles. The van der Waals surface area contributed by atoms with Crippen LogP contribution in [0.15, 0.2) is 36.9 Å². The number of carbonyl (C=O) groups is 2. The van der Waals surface area contributed by atoms with Crippen molar-refractivity contribution in [1.82, 2.24) is 0 Å². The van der Waals surface area contributed by atoms with Gasteiger partial charge in [-0.3, -0.25) is 9.59 Å². The quantitative estimate of drug-likeness (QED) is 0.113. The number of unbranched alkanes of at least 4 members (excludes halogenated alkanes) is 11. The van der Waals surface area contributed by atoms with Gasteiger partial charge in [0.2, 0.25) is 0 Å². The smallest absolute Gasteiger partial charge is 0.155 e. The van der Waals surface area contributed by atoms with Crippen molar-refractivity contribution in [2.45, 2.75) is 109 Å². The van der Waals surface area contributed by atoms with Crippen LogP contribution in [0.25, 0.3) is 0 Å². The van der Waals surface area contributed by atoms with E-state index in [1.165, 1.54) is 75.8 Å². The van der Waals surface area contributed by atoms with Gasteiger partial charge in [-0.25, -0.2) is 0 Å². The second-order valence-electron chi connectivity index (χ2n) is 8.60. The number of ether oxygens (including phenoxy) is 1. The zero-order chi connectivity index (χ0) is 22.6. The van der Waals surface area contributed by atoms with Crippen molar-refractivity contribution in [3.05, 3.63) is 48.0 Å². The molecule has 0 fully saturated rings. The number of carbonyl (C=O) groups excluding carboxylic acids is 2. The minimum Gasteiger partial charge on any atom is -0.374 e. The number of hydrogen-bond donors (Lipinski definition) is 0. The predicted octanol–water partition coefficient (Wildman–Crippen LogP) is 8.18. The van der Waals surface area contributed by atoms with Gasteiger partial charge in [-0.05, 0) is 30.9 Å². The molecule has 0 aliphatic heterocycles. The maximum atomic E-state index is 11.2. The lowest BCUT2D eigenvalue weighted by atomic mass is 10.00. The Morgan fingerprint density at radius 2 is 1.45 bits per heavy atom. The Morgan fingerprint density at radius 3 is 2.00 bits per heavy atom. The molecule has 1 atom stereocenters. The summed E-state index contributed by atoms with van der Waals surface area (Å²) in [5.74, 6) is 0.173. The van der Waals surface area contributed by atoms with Crippen LogP contribution in [0, 0.1) is 0 Å². The summed E-state index contributed by atoms with van der Waals surface area (Å²) in [7, 11) is 0. The third-order valence-electron chi connectivity index (χ3n) is 5.88. The molecule has 0 aromatic heterocycles. The molecule has 174 valence electrons. The number of ketones is 1. The Morgan fingerprint density at radius 1 is 0.871 bits per heavy atom. The Kier molecular flexibility index (Phi) is 16.7. The molecular formula is C28H44O3. The van der Waals surface area contributed by atoms with Crippen LogP contribution >= 0.6 is 0 Å². The Labute approximate surface area is 190 Å². The molecule has 0 heterocycles. The molecule has 0 bridgehead atoms. The van der Waals surface area contributed by atoms with E-state index in [1.807, 2.05) is 24.3 Å². The molecule has 0 amide bonds. The highest BCUT2D eigenvalue weighted by Crippen LogP contribution is 2.25. The first kappa shape index (κ1) is 27.3. The molecule has 1 aromatic rings. The molecule has 0 spiro atoms. The van der Waals surface area contributed by atoms with Gasteiger partial charge in [0, 0.05) is 18.6 Å². The van der Waals surface area contributed by atoms with Gasteiger partial charge < -0.3 is 4.74 Å². The molecule has 3 heteroatoms. The number of hydrogen-bond acceptors (Lipinski definition) is 3. The maximum absolute atomic E-state index is 11.2. The Bertz CT molecular complexity index is 591. The number of allylic oxidation sites excluding steroid dienone is 1. The SMILES string of the molecule is C=CC(=O)CCCCCCCCCCCCC(OCCCCC)c1ccc(C=O)cc1. The molecule has 1 rings (SSSR count). The highest BCUT2D eigenvalue weighted by molar-refractivity contribution is 5.88. The van der Waals surface area contributed by atoms with Crippen molar-refractivity contribution in [2.75, 3.05) is 6.61 Å². The normalized spacial score (nSPS) is 11.9. The largest absolute Gasteiger partial charge is 0.374 e. The number of benzene rings is 1. The van der Waals surface area contributed by atoms with Crippen molar-refractivity contribution >= 4 is 12.1 Å². The summed E-state index contributed by atoms with van der Waals surface area (Å²) in [5, 5.41) is 0. The van der Waals surface area contributed by atoms with Crippen LogP contribution in [0.1, 0.15) is 125 Å². The second kappa shape index (κ2) is 19.0. The monoisotopic (exact) mass is 428 g/mol. The van der Waals surface area contributed by atoms with Crippen LogP contribution in [0.3, 0.4) is 0 Å². The van der Waals surface area contributed by atoms with Crippen LogP contribution in [0.2, 0.25) is 0 Å². The summed E-state index contributed by atoms with van der Waals surface area (Å²) in [6, 6.07) is 7.87. The molecular weight excluding hydrogens is 384 g/mol. The molecule has 3 nitrogen and oxygen atoms in total. The van der Waals surface area contributed by atoms with Crippen LogP contribution in [0.4, 0.5) is 0 Å². The van der Waals surface area contributed by atoms with Gasteiger partial charge in [0.25, 0.3) is 0 Å². The van der Waals surface area contributed by atoms with E-state index in [2.05, 4.69) is 13.5 Å². The maximum Gasteiger partial charge on any atom is 0.155 e. The van der Waals surface area contributed by atoms with Crippen LogP contribution in [-0.4, -0.2) is 18.7 Å². The lowest BCUT2D eigenvalue weighted by molar-refractivity contribution is -0.114. The molecule has 31 heavy (non-hydrogen) atoms. The van der Waals surface area contributed by atoms with Crippen molar-refractivity contribution in [2.24, 2.45) is 0 Å². The molecule has 0 N–H and O–H groups in total. The second-order valence-corrected chi connectivity index (χ2v) is 8.60. The van der Waals surface area contributed by atoms with Gasteiger partial charge in [-0.15, -0.1) is 0 Å². The standard InChI is InChI=1S/C28H44O3/c1-3-5-16-23-31-28(26-21-19-25(24-29)20-22-26)18-15-13-11-9-7-6-8-10-12-14-17-27(30)4-2/h4,19-22,24,28H,2-3,5-18,23H2,1H3. The molecule has 1 unspecified atom stereocenters. The van der Waals surface area contributed by atoms with Crippen molar-refractivity contribution < 1.29 is 14.3 Å². The average molecular weight is 429 g/mol. The summed E-state index contributed by atoms with van der Waals surface area (Å²) >= 11 is 0. The first-order chi connectivity index (χ1) is 15.2. The zero-order valence-electron chi connectivity index (χ0n) is 19.8. The molecule has 0 aliphatic rings. The van der Waals surface area contributed by atoms with Crippen molar-refractivity contribution in [3.8, 4) is 0 Å². The highest BCUT2D eigenvalue weighted by atomic mass is 16.5. The fourth-order valence-corrected chi connectivity index (χ4v) is 3.86. The Balaban J connectivity index is 2.15. The highest BCUT2D eigenvalue weighted by Gasteiger charge is 2.12.